The summed E-state index contributed by atoms with van der Waals surface area (Å²) in [6.45, 7) is 4.42. The average Bonchev–Trinajstić information content (AvgIpc) is 2.42. The van der Waals surface area contributed by atoms with Gasteiger partial charge in [-0.3, -0.25) is 0 Å². The largest absolute Gasteiger partial charge is 0.497 e. The highest BCUT2D eigenvalue weighted by Gasteiger charge is 2.35. The molecule has 1 unspecified atom stereocenters. The van der Waals surface area contributed by atoms with Crippen LogP contribution in [0.3, 0.4) is 0 Å². The Kier molecular flexibility index (Phi) is 4.92. The minimum Gasteiger partial charge on any atom is -0.497 e. The number of ether oxygens (including phenoxy) is 2. The van der Waals surface area contributed by atoms with E-state index < -0.39 is 0 Å². The van der Waals surface area contributed by atoms with Gasteiger partial charge in [0.1, 0.15) is 17.1 Å². The number of nitrogens with two attached hydrogens (primary N) is 1. The minimum absolute atomic E-state index is 0.0563. The normalized spacial score (nSPS) is 24.9. The Morgan fingerprint density at radius 1 is 1.35 bits per heavy atom. The summed E-state index contributed by atoms with van der Waals surface area (Å²) in [5.74, 6) is 1.72. The Bertz CT molecular complexity index is 447. The Morgan fingerprint density at radius 3 is 2.85 bits per heavy atom. The van der Waals surface area contributed by atoms with Crippen LogP contribution in [0, 0.1) is 0 Å². The standard InChI is InChI=1S/C17H27NO2/c1-4-5-6-7-10-17(2)12-15(18)14-9-8-13(19-3)11-16(14)20-17/h8-9,11,15H,4-7,10,12,18H2,1-3H3/t15-,17?/m0/s1. The predicted octanol–water partition coefficient (Wildman–Crippen LogP) is 4.21. The van der Waals surface area contributed by atoms with Gasteiger partial charge in [0.05, 0.1) is 7.11 Å². The summed E-state index contributed by atoms with van der Waals surface area (Å²) < 4.78 is 11.5. The summed E-state index contributed by atoms with van der Waals surface area (Å²) in [4.78, 5) is 0. The van der Waals surface area contributed by atoms with Crippen LogP contribution in [-0.4, -0.2) is 12.7 Å². The van der Waals surface area contributed by atoms with E-state index in [4.69, 9.17) is 15.2 Å². The molecular weight excluding hydrogens is 250 g/mol. The maximum atomic E-state index is 6.32. The zero-order chi connectivity index (χ0) is 14.6. The Morgan fingerprint density at radius 2 is 2.15 bits per heavy atom. The molecular formula is C17H27NO2. The van der Waals surface area contributed by atoms with Crippen molar-refractivity contribution in [3.8, 4) is 11.5 Å². The van der Waals surface area contributed by atoms with Crippen LogP contribution in [0.1, 0.15) is 64.0 Å². The van der Waals surface area contributed by atoms with Gasteiger partial charge < -0.3 is 15.2 Å². The van der Waals surface area contributed by atoms with Crippen LogP contribution < -0.4 is 15.2 Å². The molecule has 0 amide bonds. The highest BCUT2D eigenvalue weighted by molar-refractivity contribution is 5.44. The number of fused-ring (bicyclic) bond motifs is 1. The van der Waals surface area contributed by atoms with E-state index in [1.54, 1.807) is 7.11 Å². The van der Waals surface area contributed by atoms with Crippen LogP contribution in [0.4, 0.5) is 0 Å². The molecule has 1 heterocycles. The molecule has 2 atom stereocenters. The second-order valence-corrected chi connectivity index (χ2v) is 6.08. The maximum Gasteiger partial charge on any atom is 0.128 e. The second kappa shape index (κ2) is 6.49. The molecule has 2 N–H and O–H groups in total. The summed E-state index contributed by atoms with van der Waals surface area (Å²) in [6, 6.07) is 5.99. The van der Waals surface area contributed by atoms with E-state index in [0.717, 1.165) is 29.9 Å². The summed E-state index contributed by atoms with van der Waals surface area (Å²) in [7, 11) is 1.68. The molecule has 20 heavy (non-hydrogen) atoms. The van der Waals surface area contributed by atoms with Gasteiger partial charge in [0.15, 0.2) is 0 Å². The van der Waals surface area contributed by atoms with E-state index >= 15 is 0 Å². The fourth-order valence-electron chi connectivity index (χ4n) is 3.00. The quantitative estimate of drug-likeness (QED) is 0.792. The van der Waals surface area contributed by atoms with Gasteiger partial charge in [0, 0.05) is 24.1 Å². The zero-order valence-electron chi connectivity index (χ0n) is 12.9. The number of benzene rings is 1. The van der Waals surface area contributed by atoms with Crippen molar-refractivity contribution in [1.29, 1.82) is 0 Å². The first-order chi connectivity index (χ1) is 9.58. The van der Waals surface area contributed by atoms with Crippen LogP contribution >= 0.6 is 0 Å². The van der Waals surface area contributed by atoms with E-state index in [0.29, 0.717) is 0 Å². The lowest BCUT2D eigenvalue weighted by molar-refractivity contribution is 0.0427. The van der Waals surface area contributed by atoms with Gasteiger partial charge in [-0.25, -0.2) is 0 Å². The smallest absolute Gasteiger partial charge is 0.128 e. The fraction of sp³-hybridized carbons (Fsp3) is 0.647. The van der Waals surface area contributed by atoms with Crippen molar-refractivity contribution >= 4 is 0 Å². The first-order valence-corrected chi connectivity index (χ1v) is 7.70. The van der Waals surface area contributed by atoms with Gasteiger partial charge in [-0.2, -0.15) is 0 Å². The highest BCUT2D eigenvalue weighted by atomic mass is 16.5. The molecule has 1 aliphatic rings. The number of hydrogen-bond acceptors (Lipinski definition) is 3. The summed E-state index contributed by atoms with van der Waals surface area (Å²) in [6.07, 6.45) is 6.99. The van der Waals surface area contributed by atoms with E-state index in [1.807, 2.05) is 18.2 Å². The van der Waals surface area contributed by atoms with Crippen molar-refractivity contribution in [2.24, 2.45) is 5.73 Å². The molecule has 2 rings (SSSR count). The molecule has 3 heteroatoms. The van der Waals surface area contributed by atoms with Crippen LogP contribution in [0.2, 0.25) is 0 Å². The van der Waals surface area contributed by atoms with Crippen molar-refractivity contribution in [1.82, 2.24) is 0 Å². The van der Waals surface area contributed by atoms with Crippen LogP contribution in [0.25, 0.3) is 0 Å². The van der Waals surface area contributed by atoms with E-state index in [1.165, 1.54) is 25.7 Å². The van der Waals surface area contributed by atoms with E-state index in [2.05, 4.69) is 13.8 Å². The Hall–Kier alpha value is -1.22. The molecule has 1 aromatic rings. The summed E-state index contributed by atoms with van der Waals surface area (Å²) in [5, 5.41) is 0. The molecule has 0 aliphatic carbocycles. The van der Waals surface area contributed by atoms with Crippen molar-refractivity contribution in [2.75, 3.05) is 7.11 Å². The number of hydrogen-bond donors (Lipinski definition) is 1. The molecule has 0 bridgehead atoms. The Balaban J connectivity index is 2.08. The van der Waals surface area contributed by atoms with Crippen molar-refractivity contribution in [3.63, 3.8) is 0 Å². The van der Waals surface area contributed by atoms with Crippen LogP contribution in [-0.2, 0) is 0 Å². The van der Waals surface area contributed by atoms with Crippen LogP contribution in [0.5, 0.6) is 11.5 Å². The molecule has 0 fully saturated rings. The summed E-state index contributed by atoms with van der Waals surface area (Å²) >= 11 is 0. The second-order valence-electron chi connectivity index (χ2n) is 6.08. The Labute approximate surface area is 122 Å². The lowest BCUT2D eigenvalue weighted by Gasteiger charge is -2.39. The number of rotatable bonds is 6. The lowest BCUT2D eigenvalue weighted by Crippen LogP contribution is -2.40. The summed E-state index contributed by atoms with van der Waals surface area (Å²) in [5.41, 5.74) is 7.27. The molecule has 0 spiro atoms. The zero-order valence-corrected chi connectivity index (χ0v) is 12.9. The monoisotopic (exact) mass is 277 g/mol. The van der Waals surface area contributed by atoms with Gasteiger partial charge in [0.25, 0.3) is 0 Å². The third-order valence-corrected chi connectivity index (χ3v) is 4.19. The molecule has 112 valence electrons. The molecule has 1 aromatic carbocycles. The third-order valence-electron chi connectivity index (χ3n) is 4.19. The van der Waals surface area contributed by atoms with E-state index in [-0.39, 0.29) is 11.6 Å². The van der Waals surface area contributed by atoms with Gasteiger partial charge in [0.2, 0.25) is 0 Å². The highest BCUT2D eigenvalue weighted by Crippen LogP contribution is 2.42. The minimum atomic E-state index is -0.146. The molecule has 1 aliphatic heterocycles. The molecule has 0 saturated carbocycles. The SMILES string of the molecule is CCCCCCC1(C)C[C@H](N)c2ccc(OC)cc2O1. The number of methoxy groups -OCH3 is 1. The molecule has 0 saturated heterocycles. The average molecular weight is 277 g/mol. The van der Waals surface area contributed by atoms with Crippen molar-refractivity contribution in [3.05, 3.63) is 23.8 Å². The molecule has 0 aromatic heterocycles. The van der Waals surface area contributed by atoms with Gasteiger partial charge in [-0.15, -0.1) is 0 Å². The first kappa shape index (κ1) is 15.2. The topological polar surface area (TPSA) is 44.5 Å². The lowest BCUT2D eigenvalue weighted by atomic mass is 9.85. The fourth-order valence-corrected chi connectivity index (χ4v) is 3.00. The van der Waals surface area contributed by atoms with Gasteiger partial charge >= 0.3 is 0 Å². The number of unbranched alkanes of at least 4 members (excludes halogenated alkanes) is 3. The first-order valence-electron chi connectivity index (χ1n) is 7.70. The molecule has 3 nitrogen and oxygen atoms in total. The van der Waals surface area contributed by atoms with Crippen molar-refractivity contribution in [2.45, 2.75) is 64.0 Å². The maximum absolute atomic E-state index is 6.32. The predicted molar refractivity (Wildman–Crippen MR) is 82.3 cm³/mol. The molecule has 0 radical (unpaired) electrons. The van der Waals surface area contributed by atoms with Crippen LogP contribution in [0.15, 0.2) is 18.2 Å². The van der Waals surface area contributed by atoms with E-state index in [9.17, 15) is 0 Å². The van der Waals surface area contributed by atoms with Gasteiger partial charge in [-0.1, -0.05) is 32.3 Å². The third kappa shape index (κ3) is 3.45. The van der Waals surface area contributed by atoms with Gasteiger partial charge in [-0.05, 0) is 25.8 Å². The van der Waals surface area contributed by atoms with Crippen molar-refractivity contribution < 1.29 is 9.47 Å².